The van der Waals surface area contributed by atoms with Gasteiger partial charge in [0.1, 0.15) is 0 Å². The van der Waals surface area contributed by atoms with Crippen LogP contribution in [0.25, 0.3) is 0 Å². The summed E-state index contributed by atoms with van der Waals surface area (Å²) in [6.45, 7) is 6.07. The van der Waals surface area contributed by atoms with Crippen LogP contribution in [0.3, 0.4) is 0 Å². The molecule has 1 aliphatic heterocycles. The molecule has 2 nitrogen and oxygen atoms in total. The van der Waals surface area contributed by atoms with E-state index in [9.17, 15) is 4.79 Å². The summed E-state index contributed by atoms with van der Waals surface area (Å²) in [7, 11) is 0. The molecule has 1 saturated heterocycles. The van der Waals surface area contributed by atoms with Crippen LogP contribution < -0.4 is 4.90 Å². The third-order valence-electron chi connectivity index (χ3n) is 4.22. The number of hydrogen-bond acceptors (Lipinski definition) is 2. The maximum absolute atomic E-state index is 11.9. The number of benzene rings is 1. The van der Waals surface area contributed by atoms with Crippen LogP contribution in [0.5, 0.6) is 0 Å². The normalized spacial score (nSPS) is 19.8. The van der Waals surface area contributed by atoms with Gasteiger partial charge in [-0.2, -0.15) is 0 Å². The van der Waals surface area contributed by atoms with Gasteiger partial charge in [-0.1, -0.05) is 35.7 Å². The number of ketones is 1. The predicted molar refractivity (Wildman–Crippen MR) is 88.6 cm³/mol. The summed E-state index contributed by atoms with van der Waals surface area (Å²) in [4.78, 5) is 14.3. The number of rotatable bonds is 4. The zero-order chi connectivity index (χ0) is 14.5. The van der Waals surface area contributed by atoms with Crippen molar-refractivity contribution in [2.75, 3.05) is 18.0 Å². The zero-order valence-corrected chi connectivity index (χ0v) is 14.1. The van der Waals surface area contributed by atoms with Crippen LogP contribution in [0.2, 0.25) is 0 Å². The Hall–Kier alpha value is -0.830. The lowest BCUT2D eigenvalue weighted by molar-refractivity contribution is 0.101. The molecule has 0 aliphatic carbocycles. The van der Waals surface area contributed by atoms with Crippen LogP contribution in [0, 0.1) is 5.92 Å². The largest absolute Gasteiger partial charge is 0.371 e. The second kappa shape index (κ2) is 7.26. The SMILES string of the molecule is CCCC1CCCN(c2ccc(Br)cc2C(C)=O)CC1. The highest BCUT2D eigenvalue weighted by Gasteiger charge is 2.19. The van der Waals surface area contributed by atoms with Crippen LogP contribution in [0.15, 0.2) is 22.7 Å². The highest BCUT2D eigenvalue weighted by atomic mass is 79.9. The maximum atomic E-state index is 11.9. The topological polar surface area (TPSA) is 20.3 Å². The Bertz CT molecular complexity index is 472. The van der Waals surface area contributed by atoms with Gasteiger partial charge < -0.3 is 4.90 Å². The first-order valence-electron chi connectivity index (χ1n) is 7.67. The molecule has 0 saturated carbocycles. The molecule has 1 aromatic carbocycles. The summed E-state index contributed by atoms with van der Waals surface area (Å²) in [6.07, 6.45) is 6.44. The number of halogens is 1. The fourth-order valence-corrected chi connectivity index (χ4v) is 3.53. The van der Waals surface area contributed by atoms with Crippen molar-refractivity contribution >= 4 is 27.4 Å². The van der Waals surface area contributed by atoms with Crippen molar-refractivity contribution in [3.05, 3.63) is 28.2 Å². The molecule has 0 amide bonds. The van der Waals surface area contributed by atoms with E-state index >= 15 is 0 Å². The molecule has 2 rings (SSSR count). The number of anilines is 1. The third kappa shape index (κ3) is 3.85. The van der Waals surface area contributed by atoms with Crippen molar-refractivity contribution in [3.8, 4) is 0 Å². The zero-order valence-electron chi connectivity index (χ0n) is 12.5. The number of carbonyl (C=O) groups excluding carboxylic acids is 1. The van der Waals surface area contributed by atoms with Gasteiger partial charge in [-0.25, -0.2) is 0 Å². The molecule has 0 aromatic heterocycles. The second-order valence-electron chi connectivity index (χ2n) is 5.79. The standard InChI is InChI=1S/C17H24BrNO/c1-3-5-14-6-4-10-19(11-9-14)17-8-7-15(18)12-16(17)13(2)20/h7-8,12,14H,3-6,9-11H2,1-2H3. The highest BCUT2D eigenvalue weighted by molar-refractivity contribution is 9.10. The maximum Gasteiger partial charge on any atom is 0.161 e. The molecule has 0 spiro atoms. The first kappa shape index (κ1) is 15.6. The Morgan fingerprint density at radius 1 is 1.35 bits per heavy atom. The van der Waals surface area contributed by atoms with Gasteiger partial charge in [0.05, 0.1) is 0 Å². The molecule has 0 N–H and O–H groups in total. The molecule has 20 heavy (non-hydrogen) atoms. The molecule has 1 aliphatic rings. The Labute approximate surface area is 130 Å². The van der Waals surface area contributed by atoms with Crippen LogP contribution in [0.1, 0.15) is 56.3 Å². The van der Waals surface area contributed by atoms with Crippen LogP contribution >= 0.6 is 15.9 Å². The number of nitrogens with zero attached hydrogens (tertiary/aromatic N) is 1. The predicted octanol–water partition coefficient (Wildman–Crippen LogP) is 5.06. The minimum absolute atomic E-state index is 0.149. The van der Waals surface area contributed by atoms with Gasteiger partial charge in [0.2, 0.25) is 0 Å². The first-order chi connectivity index (χ1) is 9.61. The van der Waals surface area contributed by atoms with Gasteiger partial charge >= 0.3 is 0 Å². The minimum atomic E-state index is 0.149. The average Bonchev–Trinajstić information content (AvgIpc) is 2.65. The van der Waals surface area contributed by atoms with Gasteiger partial charge in [0, 0.05) is 28.8 Å². The Balaban J connectivity index is 2.17. The summed E-state index contributed by atoms with van der Waals surface area (Å²) in [6, 6.07) is 6.07. The van der Waals surface area contributed by atoms with E-state index in [0.29, 0.717) is 0 Å². The lowest BCUT2D eigenvalue weighted by Gasteiger charge is -2.25. The fourth-order valence-electron chi connectivity index (χ4n) is 3.17. The molecule has 0 bridgehead atoms. The molecule has 3 heteroatoms. The van der Waals surface area contributed by atoms with E-state index in [2.05, 4.69) is 33.8 Å². The number of hydrogen-bond donors (Lipinski definition) is 0. The molecule has 1 unspecified atom stereocenters. The lowest BCUT2D eigenvalue weighted by Crippen LogP contribution is -2.26. The Morgan fingerprint density at radius 3 is 2.85 bits per heavy atom. The lowest BCUT2D eigenvalue weighted by atomic mass is 9.96. The van der Waals surface area contributed by atoms with Crippen molar-refractivity contribution in [2.24, 2.45) is 5.92 Å². The van der Waals surface area contributed by atoms with E-state index in [1.807, 2.05) is 12.1 Å². The van der Waals surface area contributed by atoms with Gasteiger partial charge in [-0.15, -0.1) is 0 Å². The Morgan fingerprint density at radius 2 is 2.15 bits per heavy atom. The highest BCUT2D eigenvalue weighted by Crippen LogP contribution is 2.29. The van der Waals surface area contributed by atoms with Gasteiger partial charge in [-0.3, -0.25) is 4.79 Å². The molecule has 1 fully saturated rings. The van der Waals surface area contributed by atoms with Crippen LogP contribution in [-0.4, -0.2) is 18.9 Å². The molecular weight excluding hydrogens is 314 g/mol. The molecular formula is C17H24BrNO. The third-order valence-corrected chi connectivity index (χ3v) is 4.72. The van der Waals surface area contributed by atoms with Crippen molar-refractivity contribution in [2.45, 2.75) is 46.0 Å². The van der Waals surface area contributed by atoms with Crippen molar-refractivity contribution in [1.82, 2.24) is 0 Å². The first-order valence-corrected chi connectivity index (χ1v) is 8.46. The number of carbonyl (C=O) groups is 1. The van der Waals surface area contributed by atoms with E-state index in [1.165, 1.54) is 32.1 Å². The second-order valence-corrected chi connectivity index (χ2v) is 6.71. The Kier molecular flexibility index (Phi) is 5.64. The van der Waals surface area contributed by atoms with Gasteiger partial charge in [-0.05, 0) is 50.3 Å². The monoisotopic (exact) mass is 337 g/mol. The van der Waals surface area contributed by atoms with E-state index in [4.69, 9.17) is 0 Å². The van der Waals surface area contributed by atoms with Crippen molar-refractivity contribution < 1.29 is 4.79 Å². The van der Waals surface area contributed by atoms with Crippen LogP contribution in [0.4, 0.5) is 5.69 Å². The van der Waals surface area contributed by atoms with E-state index in [1.54, 1.807) is 6.92 Å². The molecule has 0 radical (unpaired) electrons. The molecule has 1 aromatic rings. The van der Waals surface area contributed by atoms with Crippen LogP contribution in [-0.2, 0) is 0 Å². The summed E-state index contributed by atoms with van der Waals surface area (Å²) in [5.41, 5.74) is 1.95. The van der Waals surface area contributed by atoms with Crippen molar-refractivity contribution in [1.29, 1.82) is 0 Å². The summed E-state index contributed by atoms with van der Waals surface area (Å²) in [5.74, 6) is 1.01. The average molecular weight is 338 g/mol. The molecule has 1 atom stereocenters. The minimum Gasteiger partial charge on any atom is -0.371 e. The molecule has 1 heterocycles. The number of Topliss-reactive ketones (excluding diaryl/α,β-unsaturated/α-hetero) is 1. The van der Waals surface area contributed by atoms with Gasteiger partial charge in [0.25, 0.3) is 0 Å². The van der Waals surface area contributed by atoms with E-state index in [0.717, 1.165) is 34.7 Å². The summed E-state index contributed by atoms with van der Waals surface area (Å²) < 4.78 is 0.977. The van der Waals surface area contributed by atoms with E-state index in [-0.39, 0.29) is 5.78 Å². The fraction of sp³-hybridized carbons (Fsp3) is 0.588. The summed E-state index contributed by atoms with van der Waals surface area (Å²) >= 11 is 3.46. The van der Waals surface area contributed by atoms with Gasteiger partial charge in [0.15, 0.2) is 5.78 Å². The molecule has 110 valence electrons. The van der Waals surface area contributed by atoms with E-state index < -0.39 is 0 Å². The quantitative estimate of drug-likeness (QED) is 0.716. The smallest absolute Gasteiger partial charge is 0.161 e. The van der Waals surface area contributed by atoms with Crippen molar-refractivity contribution in [3.63, 3.8) is 0 Å². The summed E-state index contributed by atoms with van der Waals surface area (Å²) in [5, 5.41) is 0.